The Kier molecular flexibility index (Phi) is 33.5. The molecule has 0 spiro atoms. The fourth-order valence-electron chi connectivity index (χ4n) is 1.81. The number of nitrogens with one attached hydrogen (secondary N) is 2. The number of nitrogens with two attached hydrogens (primary N) is 1. The van der Waals surface area contributed by atoms with Crippen LogP contribution in [0.5, 0.6) is 0 Å². The number of benzene rings is 1. The van der Waals surface area contributed by atoms with Crippen LogP contribution in [0.1, 0.15) is 12.0 Å². The molecule has 0 saturated carbocycles. The standard InChI is InChI=1S/C11H24N2O5.C8H8NO.CH3.Cs/c12-2-6-17-8-10-18-9-7-16-5-1-11(15)13-3-4-14;10-7-9-6-8-4-2-1-3-5-8;;/h14H,1-10,12H2,(H,13,15);1-5H,6H2,(H,9,10);1H3;/q;2*-1;+1. The summed E-state index contributed by atoms with van der Waals surface area (Å²) in [6, 6.07) is 9.70. The topological polar surface area (TPSA) is 132 Å². The Bertz CT molecular complexity index is 483. The third kappa shape index (κ3) is 26.0. The van der Waals surface area contributed by atoms with Gasteiger partial charge in [0.05, 0.1) is 46.2 Å². The van der Waals surface area contributed by atoms with Crippen molar-refractivity contribution in [2.24, 2.45) is 5.73 Å². The van der Waals surface area contributed by atoms with Gasteiger partial charge in [-0.15, -0.1) is 0 Å². The predicted octanol–water partition coefficient (Wildman–Crippen LogP) is -3.21. The van der Waals surface area contributed by atoms with Crippen LogP contribution >= 0.6 is 0 Å². The van der Waals surface area contributed by atoms with Gasteiger partial charge in [0.15, 0.2) is 0 Å². The maximum absolute atomic E-state index is 11.1. The van der Waals surface area contributed by atoms with E-state index in [0.717, 1.165) is 5.56 Å². The van der Waals surface area contributed by atoms with Gasteiger partial charge in [0.2, 0.25) is 5.91 Å². The van der Waals surface area contributed by atoms with E-state index in [1.54, 1.807) is 6.41 Å². The SMILES string of the molecule is NCCOCCOCCOCCC(=O)NCCO.O=[C-]NCc1ccccc1.[CH3-].[Cs+]. The number of aliphatic hydroxyl groups excluding tert-OH is 1. The molecule has 0 bridgehead atoms. The molecule has 0 unspecified atom stereocenters. The van der Waals surface area contributed by atoms with Gasteiger partial charge in [-0.25, -0.2) is 0 Å². The summed E-state index contributed by atoms with van der Waals surface area (Å²) in [5.74, 6) is -0.125. The Labute approximate surface area is 239 Å². The molecule has 1 aromatic rings. The molecule has 0 radical (unpaired) electrons. The molecule has 0 fully saturated rings. The van der Waals surface area contributed by atoms with Crippen LogP contribution in [-0.4, -0.2) is 76.8 Å². The number of aliphatic hydroxyl groups is 1. The van der Waals surface area contributed by atoms with Gasteiger partial charge in [0, 0.05) is 26.1 Å². The zero-order valence-corrected chi connectivity index (χ0v) is 24.5. The molecule has 0 aliphatic carbocycles. The fourth-order valence-corrected chi connectivity index (χ4v) is 1.81. The molecule has 1 rings (SSSR count). The average molecular weight is 546 g/mol. The normalized spacial score (nSPS) is 9.27. The third-order valence-corrected chi connectivity index (χ3v) is 3.12. The first-order valence-corrected chi connectivity index (χ1v) is 9.19. The van der Waals surface area contributed by atoms with Crippen LogP contribution in [0.4, 0.5) is 0 Å². The molecule has 0 atom stereocenters. The largest absolute Gasteiger partial charge is 1.00 e. The molecule has 0 aliphatic heterocycles. The molecule has 0 heterocycles. The Morgan fingerprint density at radius 3 is 2.10 bits per heavy atom. The smallest absolute Gasteiger partial charge is 0.526 e. The van der Waals surface area contributed by atoms with Crippen molar-refractivity contribution in [3.05, 3.63) is 43.3 Å². The predicted molar refractivity (Wildman–Crippen MR) is 112 cm³/mol. The van der Waals surface area contributed by atoms with Crippen LogP contribution in [0.15, 0.2) is 30.3 Å². The first-order valence-electron chi connectivity index (χ1n) is 9.19. The molecule has 30 heavy (non-hydrogen) atoms. The van der Waals surface area contributed by atoms with E-state index in [9.17, 15) is 9.59 Å². The molecular formula is C20H35CsN3O6-. The second-order valence-electron chi connectivity index (χ2n) is 5.39. The number of hydrogen-bond donors (Lipinski definition) is 4. The third-order valence-electron chi connectivity index (χ3n) is 3.12. The van der Waals surface area contributed by atoms with Crippen LogP contribution in [-0.2, 0) is 30.3 Å². The van der Waals surface area contributed by atoms with E-state index < -0.39 is 0 Å². The number of rotatable bonds is 16. The minimum absolute atomic E-state index is 0. The second-order valence-corrected chi connectivity index (χ2v) is 5.39. The van der Waals surface area contributed by atoms with Crippen molar-refractivity contribution in [1.29, 1.82) is 0 Å². The van der Waals surface area contributed by atoms with Crippen LogP contribution in [0, 0.1) is 7.43 Å². The summed E-state index contributed by atoms with van der Waals surface area (Å²) in [5, 5.41) is 13.5. The van der Waals surface area contributed by atoms with Crippen LogP contribution in [0.25, 0.3) is 0 Å². The maximum Gasteiger partial charge on any atom is 1.00 e. The van der Waals surface area contributed by atoms with Crippen LogP contribution < -0.4 is 85.3 Å². The first-order chi connectivity index (χ1) is 13.7. The number of amides is 2. The Morgan fingerprint density at radius 1 is 1.00 bits per heavy atom. The Morgan fingerprint density at radius 2 is 1.57 bits per heavy atom. The summed E-state index contributed by atoms with van der Waals surface area (Å²) in [6.07, 6.45) is 1.91. The van der Waals surface area contributed by atoms with Gasteiger partial charge in [-0.05, 0) is 5.56 Å². The van der Waals surface area contributed by atoms with Crippen molar-refractivity contribution >= 4 is 12.3 Å². The Hall–Kier alpha value is 0.0119. The molecule has 0 aliphatic rings. The number of hydrogen-bond acceptors (Lipinski definition) is 7. The van der Waals surface area contributed by atoms with Crippen LogP contribution in [0.2, 0.25) is 0 Å². The molecule has 9 nitrogen and oxygen atoms in total. The monoisotopic (exact) mass is 546 g/mol. The average Bonchev–Trinajstić information content (AvgIpc) is 2.73. The molecule has 0 saturated heterocycles. The Balaban J connectivity index is -0.000000517. The van der Waals surface area contributed by atoms with E-state index in [0.29, 0.717) is 59.2 Å². The van der Waals surface area contributed by atoms with Crippen LogP contribution in [0.3, 0.4) is 0 Å². The van der Waals surface area contributed by atoms with Gasteiger partial charge in [-0.2, -0.15) is 6.41 Å². The van der Waals surface area contributed by atoms with Gasteiger partial charge >= 0.3 is 68.9 Å². The fraction of sp³-hybridized carbons (Fsp3) is 0.550. The number of ether oxygens (including phenoxy) is 3. The van der Waals surface area contributed by atoms with Crippen molar-refractivity contribution in [3.8, 4) is 0 Å². The summed E-state index contributed by atoms with van der Waals surface area (Å²) >= 11 is 0. The summed E-state index contributed by atoms with van der Waals surface area (Å²) < 4.78 is 15.5. The van der Waals surface area contributed by atoms with Crippen molar-refractivity contribution in [2.75, 3.05) is 59.3 Å². The van der Waals surface area contributed by atoms with Gasteiger partial charge in [-0.3, -0.25) is 4.79 Å². The van der Waals surface area contributed by atoms with Crippen molar-refractivity contribution < 1.29 is 97.8 Å². The zero-order chi connectivity index (χ0) is 20.7. The van der Waals surface area contributed by atoms with E-state index in [2.05, 4.69) is 10.6 Å². The molecule has 2 amide bonds. The minimum atomic E-state index is -0.125. The zero-order valence-electron chi connectivity index (χ0n) is 18.2. The number of carbonyl (C=O) groups excluding carboxylic acids is 2. The molecule has 168 valence electrons. The minimum Gasteiger partial charge on any atom is -0.526 e. The molecule has 5 N–H and O–H groups in total. The van der Waals surface area contributed by atoms with E-state index in [-0.39, 0.29) is 95.4 Å². The maximum atomic E-state index is 11.1. The van der Waals surface area contributed by atoms with E-state index in [4.69, 9.17) is 25.1 Å². The van der Waals surface area contributed by atoms with E-state index in [1.165, 1.54) is 0 Å². The van der Waals surface area contributed by atoms with Crippen molar-refractivity contribution in [1.82, 2.24) is 10.6 Å². The summed E-state index contributed by atoms with van der Waals surface area (Å²) in [5.41, 5.74) is 6.34. The van der Waals surface area contributed by atoms with Crippen molar-refractivity contribution in [3.63, 3.8) is 0 Å². The second kappa shape index (κ2) is 29.0. The number of carbonyl (C=O) groups is 1. The molecule has 10 heteroatoms. The molecule has 0 aromatic heterocycles. The van der Waals surface area contributed by atoms with E-state index in [1.807, 2.05) is 30.3 Å². The van der Waals surface area contributed by atoms with Crippen molar-refractivity contribution in [2.45, 2.75) is 13.0 Å². The summed E-state index contributed by atoms with van der Waals surface area (Å²) in [4.78, 5) is 20.8. The van der Waals surface area contributed by atoms with Gasteiger partial charge in [-0.1, -0.05) is 30.3 Å². The van der Waals surface area contributed by atoms with E-state index >= 15 is 0 Å². The summed E-state index contributed by atoms with van der Waals surface area (Å²) in [7, 11) is 0. The molecule has 1 aromatic carbocycles. The quantitative estimate of drug-likeness (QED) is 0.0976. The molecular weight excluding hydrogens is 511 g/mol. The van der Waals surface area contributed by atoms with Gasteiger partial charge < -0.3 is 47.9 Å². The summed E-state index contributed by atoms with van der Waals surface area (Å²) in [6.45, 7) is 4.17. The first kappa shape index (κ1) is 34.6. The van der Waals surface area contributed by atoms with Gasteiger partial charge in [0.1, 0.15) is 0 Å². The van der Waals surface area contributed by atoms with Gasteiger partial charge in [0.25, 0.3) is 0 Å².